The average Bonchev–Trinajstić information content (AvgIpc) is 2.91. The topological polar surface area (TPSA) is 55.8 Å². The standard InChI is InChI=1S/C20H17F2NO4S/c1-12-3-5-13(6-4-12)11-23-18(24)17(28-20(23)25)10-14-7-8-15(27-19(21)22)16(9-14)26-2/h3-10,19H,11H2,1-2H3/b17-10-. The van der Waals surface area contributed by atoms with Gasteiger partial charge in [0.1, 0.15) is 0 Å². The number of imide groups is 1. The maximum atomic E-state index is 12.6. The fourth-order valence-electron chi connectivity index (χ4n) is 2.63. The van der Waals surface area contributed by atoms with E-state index in [1.165, 1.54) is 36.3 Å². The Morgan fingerprint density at radius 3 is 2.46 bits per heavy atom. The fourth-order valence-corrected chi connectivity index (χ4v) is 3.47. The molecule has 2 aromatic rings. The molecule has 0 saturated carbocycles. The molecule has 1 fully saturated rings. The van der Waals surface area contributed by atoms with Crippen molar-refractivity contribution in [3.63, 3.8) is 0 Å². The van der Waals surface area contributed by atoms with Crippen LogP contribution in [-0.4, -0.2) is 29.8 Å². The number of nitrogens with zero attached hydrogens (tertiary/aromatic N) is 1. The van der Waals surface area contributed by atoms with E-state index in [4.69, 9.17) is 4.74 Å². The Hall–Kier alpha value is -2.87. The smallest absolute Gasteiger partial charge is 0.387 e. The number of thioether (sulfide) groups is 1. The molecule has 0 radical (unpaired) electrons. The molecule has 5 nitrogen and oxygen atoms in total. The largest absolute Gasteiger partial charge is 0.493 e. The Morgan fingerprint density at radius 1 is 1.11 bits per heavy atom. The first-order valence-electron chi connectivity index (χ1n) is 8.31. The van der Waals surface area contributed by atoms with Crippen LogP contribution in [0.3, 0.4) is 0 Å². The van der Waals surface area contributed by atoms with Crippen LogP contribution in [0.15, 0.2) is 47.4 Å². The van der Waals surface area contributed by atoms with Crippen molar-refractivity contribution in [2.75, 3.05) is 7.11 Å². The number of rotatable bonds is 6. The van der Waals surface area contributed by atoms with Crippen LogP contribution in [0.5, 0.6) is 11.5 Å². The maximum absolute atomic E-state index is 12.6. The summed E-state index contributed by atoms with van der Waals surface area (Å²) in [4.78, 5) is 26.3. The number of halogens is 2. The van der Waals surface area contributed by atoms with E-state index in [1.54, 1.807) is 0 Å². The highest BCUT2D eigenvalue weighted by Gasteiger charge is 2.35. The van der Waals surface area contributed by atoms with Crippen molar-refractivity contribution < 1.29 is 27.8 Å². The molecule has 146 valence electrons. The summed E-state index contributed by atoms with van der Waals surface area (Å²) in [6, 6.07) is 11.9. The molecule has 0 aliphatic carbocycles. The molecule has 1 aliphatic heterocycles. The summed E-state index contributed by atoms with van der Waals surface area (Å²) < 4.78 is 34.3. The van der Waals surface area contributed by atoms with Gasteiger partial charge in [0, 0.05) is 0 Å². The number of carbonyl (C=O) groups excluding carboxylic acids is 2. The lowest BCUT2D eigenvalue weighted by Crippen LogP contribution is -2.27. The Morgan fingerprint density at radius 2 is 1.82 bits per heavy atom. The van der Waals surface area contributed by atoms with Crippen molar-refractivity contribution in [1.82, 2.24) is 4.90 Å². The number of hydrogen-bond acceptors (Lipinski definition) is 5. The summed E-state index contributed by atoms with van der Waals surface area (Å²) in [6.07, 6.45) is 1.52. The van der Waals surface area contributed by atoms with Crippen LogP contribution in [-0.2, 0) is 11.3 Å². The van der Waals surface area contributed by atoms with Gasteiger partial charge in [0.05, 0.1) is 18.6 Å². The minimum Gasteiger partial charge on any atom is -0.493 e. The van der Waals surface area contributed by atoms with Gasteiger partial charge < -0.3 is 9.47 Å². The van der Waals surface area contributed by atoms with Crippen LogP contribution in [0.2, 0.25) is 0 Å². The highest BCUT2D eigenvalue weighted by molar-refractivity contribution is 8.18. The monoisotopic (exact) mass is 405 g/mol. The molecule has 1 aliphatic rings. The second kappa shape index (κ2) is 8.43. The number of amides is 2. The zero-order valence-corrected chi connectivity index (χ0v) is 16.0. The SMILES string of the molecule is COc1cc(/C=C2\SC(=O)N(Cc3ccc(C)cc3)C2=O)ccc1OC(F)F. The van der Waals surface area contributed by atoms with Crippen LogP contribution in [0.25, 0.3) is 6.08 Å². The molecular weight excluding hydrogens is 388 g/mol. The first-order valence-corrected chi connectivity index (χ1v) is 9.13. The van der Waals surface area contributed by atoms with E-state index in [2.05, 4.69) is 4.74 Å². The number of carbonyl (C=O) groups is 2. The molecule has 0 bridgehead atoms. The first-order chi connectivity index (χ1) is 13.4. The molecule has 2 aromatic carbocycles. The number of alkyl halides is 2. The summed E-state index contributed by atoms with van der Waals surface area (Å²) in [6.45, 7) is -0.830. The van der Waals surface area contributed by atoms with Crippen molar-refractivity contribution in [2.45, 2.75) is 20.1 Å². The molecular formula is C20H17F2NO4S. The number of benzene rings is 2. The Kier molecular flexibility index (Phi) is 5.99. The van der Waals surface area contributed by atoms with Gasteiger partial charge in [-0.3, -0.25) is 14.5 Å². The summed E-state index contributed by atoms with van der Waals surface area (Å²) in [5.41, 5.74) is 2.47. The maximum Gasteiger partial charge on any atom is 0.387 e. The second-order valence-corrected chi connectivity index (χ2v) is 7.04. The van der Waals surface area contributed by atoms with Gasteiger partial charge in [0.25, 0.3) is 11.1 Å². The van der Waals surface area contributed by atoms with Crippen molar-refractivity contribution in [1.29, 1.82) is 0 Å². The van der Waals surface area contributed by atoms with E-state index in [-0.39, 0.29) is 28.2 Å². The van der Waals surface area contributed by atoms with Crippen molar-refractivity contribution in [2.24, 2.45) is 0 Å². The van der Waals surface area contributed by atoms with Gasteiger partial charge in [-0.25, -0.2) is 0 Å². The van der Waals surface area contributed by atoms with E-state index in [9.17, 15) is 18.4 Å². The van der Waals surface area contributed by atoms with Gasteiger partial charge in [0.15, 0.2) is 11.5 Å². The number of methoxy groups -OCH3 is 1. The van der Waals surface area contributed by atoms with Gasteiger partial charge in [0.2, 0.25) is 0 Å². The van der Waals surface area contributed by atoms with Crippen LogP contribution in [0.1, 0.15) is 16.7 Å². The quantitative estimate of drug-likeness (QED) is 0.644. The molecule has 0 atom stereocenters. The minimum atomic E-state index is -2.97. The summed E-state index contributed by atoms with van der Waals surface area (Å²) in [7, 11) is 1.33. The Bertz CT molecular complexity index is 928. The predicted molar refractivity (Wildman–Crippen MR) is 102 cm³/mol. The molecule has 0 spiro atoms. The predicted octanol–water partition coefficient (Wildman–Crippen LogP) is 4.84. The van der Waals surface area contributed by atoms with E-state index < -0.39 is 12.5 Å². The molecule has 0 N–H and O–H groups in total. The highest BCUT2D eigenvalue weighted by atomic mass is 32.2. The molecule has 3 rings (SSSR count). The number of ether oxygens (including phenoxy) is 2. The van der Waals surface area contributed by atoms with Crippen LogP contribution in [0, 0.1) is 6.92 Å². The van der Waals surface area contributed by atoms with E-state index in [0.29, 0.717) is 5.56 Å². The summed E-state index contributed by atoms with van der Waals surface area (Å²) in [5.74, 6) is -0.405. The lowest BCUT2D eigenvalue weighted by Gasteiger charge is -2.12. The Balaban J connectivity index is 1.80. The number of aryl methyl sites for hydroxylation is 1. The molecule has 8 heteroatoms. The van der Waals surface area contributed by atoms with E-state index >= 15 is 0 Å². The number of hydrogen-bond donors (Lipinski definition) is 0. The fraction of sp³-hybridized carbons (Fsp3) is 0.200. The third kappa shape index (κ3) is 4.51. The third-order valence-electron chi connectivity index (χ3n) is 4.04. The van der Waals surface area contributed by atoms with E-state index in [1.807, 2.05) is 31.2 Å². The summed E-state index contributed by atoms with van der Waals surface area (Å²) in [5, 5.41) is -0.360. The normalized spacial score (nSPS) is 15.6. The lowest BCUT2D eigenvalue weighted by atomic mass is 10.1. The van der Waals surface area contributed by atoms with E-state index in [0.717, 1.165) is 22.9 Å². The van der Waals surface area contributed by atoms with Crippen LogP contribution < -0.4 is 9.47 Å². The van der Waals surface area contributed by atoms with Gasteiger partial charge in [-0.2, -0.15) is 8.78 Å². The zero-order valence-electron chi connectivity index (χ0n) is 15.1. The van der Waals surface area contributed by atoms with Crippen molar-refractivity contribution in [3.8, 4) is 11.5 Å². The van der Waals surface area contributed by atoms with Crippen LogP contribution >= 0.6 is 11.8 Å². The van der Waals surface area contributed by atoms with Gasteiger partial charge in [-0.05, 0) is 48.0 Å². The second-order valence-electron chi connectivity index (χ2n) is 6.04. The Labute approximate surface area is 164 Å². The lowest BCUT2D eigenvalue weighted by molar-refractivity contribution is -0.123. The zero-order chi connectivity index (χ0) is 20.3. The highest BCUT2D eigenvalue weighted by Crippen LogP contribution is 2.35. The molecule has 1 heterocycles. The first kappa shape index (κ1) is 19.9. The molecule has 2 amide bonds. The van der Waals surface area contributed by atoms with Crippen molar-refractivity contribution >= 4 is 29.0 Å². The van der Waals surface area contributed by atoms with Crippen molar-refractivity contribution in [3.05, 3.63) is 64.1 Å². The average molecular weight is 405 g/mol. The minimum absolute atomic E-state index is 0.105. The molecule has 28 heavy (non-hydrogen) atoms. The molecule has 0 unspecified atom stereocenters. The van der Waals surface area contributed by atoms with Gasteiger partial charge in [-0.15, -0.1) is 0 Å². The van der Waals surface area contributed by atoms with Gasteiger partial charge >= 0.3 is 6.61 Å². The molecule has 0 aromatic heterocycles. The van der Waals surface area contributed by atoms with Crippen LogP contribution in [0.4, 0.5) is 13.6 Å². The van der Waals surface area contributed by atoms with Gasteiger partial charge in [-0.1, -0.05) is 35.9 Å². The third-order valence-corrected chi connectivity index (χ3v) is 4.94. The summed E-state index contributed by atoms with van der Waals surface area (Å²) >= 11 is 0.834. The molecule has 1 saturated heterocycles.